The van der Waals surface area contributed by atoms with Crippen molar-refractivity contribution < 1.29 is 9.53 Å². The van der Waals surface area contributed by atoms with E-state index in [1.54, 1.807) is 7.11 Å². The molecule has 0 bridgehead atoms. The lowest BCUT2D eigenvalue weighted by atomic mass is 10.3. The number of hydrogen-bond donors (Lipinski definition) is 3. The summed E-state index contributed by atoms with van der Waals surface area (Å²) in [5, 5.41) is 6.65. The van der Waals surface area contributed by atoms with Crippen LogP contribution in [0.5, 0.6) is 5.75 Å². The Bertz CT molecular complexity index is 367. The van der Waals surface area contributed by atoms with Crippen molar-refractivity contribution in [2.75, 3.05) is 31.2 Å². The van der Waals surface area contributed by atoms with Gasteiger partial charge >= 0.3 is 0 Å². The van der Waals surface area contributed by atoms with E-state index in [0.717, 1.165) is 18.0 Å². The number of nitrogens with one attached hydrogen (secondary N) is 2. The second-order valence-electron chi connectivity index (χ2n) is 3.46. The summed E-state index contributed by atoms with van der Waals surface area (Å²) in [4.78, 5) is 11.3. The third-order valence-electron chi connectivity index (χ3n) is 2.09. The number of hydrogen-bond acceptors (Lipinski definition) is 6. The largest absolute Gasteiger partial charge is 0.490 e. The highest BCUT2D eigenvalue weighted by molar-refractivity contribution is 7.11. The zero-order valence-corrected chi connectivity index (χ0v) is 10.9. The molecule has 0 aliphatic heterocycles. The fourth-order valence-electron chi connectivity index (χ4n) is 1.25. The van der Waals surface area contributed by atoms with Crippen LogP contribution in [0.15, 0.2) is 0 Å². The van der Waals surface area contributed by atoms with Crippen LogP contribution in [-0.4, -0.2) is 30.5 Å². The van der Waals surface area contributed by atoms with E-state index < -0.39 is 0 Å². The van der Waals surface area contributed by atoms with E-state index in [2.05, 4.69) is 15.0 Å². The number of ether oxygens (including phenoxy) is 1. The number of methoxy groups -OCH3 is 1. The van der Waals surface area contributed by atoms with Gasteiger partial charge < -0.3 is 21.1 Å². The first-order valence-corrected chi connectivity index (χ1v) is 6.26. The Morgan fingerprint density at radius 2 is 2.29 bits per heavy atom. The molecular formula is C10H18N4O2S. The van der Waals surface area contributed by atoms with Crippen LogP contribution in [0.2, 0.25) is 0 Å². The molecule has 4 N–H and O–H groups in total. The molecule has 96 valence electrons. The van der Waals surface area contributed by atoms with Crippen LogP contribution >= 0.6 is 11.5 Å². The minimum atomic E-state index is 0.0378. The highest BCUT2D eigenvalue weighted by Crippen LogP contribution is 2.34. The maximum atomic E-state index is 11.3. The van der Waals surface area contributed by atoms with Gasteiger partial charge in [-0.2, -0.15) is 4.37 Å². The second-order valence-corrected chi connectivity index (χ2v) is 4.23. The Balaban J connectivity index is 2.33. The standard InChI is InChI=1S/C10H18N4O2S/c1-3-5-12-7(15)4-6-13-10-8(16-2)9(11)14-17-10/h13H,3-6H2,1-2H3,(H2,11,14)(H,12,15). The Morgan fingerprint density at radius 1 is 1.53 bits per heavy atom. The maximum absolute atomic E-state index is 11.3. The van der Waals surface area contributed by atoms with Crippen LogP contribution in [0.25, 0.3) is 0 Å². The molecule has 0 unspecified atom stereocenters. The van der Waals surface area contributed by atoms with Gasteiger partial charge in [0, 0.05) is 19.5 Å². The predicted octanol–water partition coefficient (Wildman–Crippen LogP) is 1.06. The lowest BCUT2D eigenvalue weighted by Crippen LogP contribution is -2.25. The van der Waals surface area contributed by atoms with Crippen LogP contribution in [0, 0.1) is 0 Å². The quantitative estimate of drug-likeness (QED) is 0.680. The smallest absolute Gasteiger partial charge is 0.221 e. The van der Waals surface area contributed by atoms with E-state index in [4.69, 9.17) is 10.5 Å². The molecule has 0 atom stereocenters. The van der Waals surface area contributed by atoms with Crippen molar-refractivity contribution in [2.24, 2.45) is 0 Å². The van der Waals surface area contributed by atoms with Crippen LogP contribution < -0.4 is 21.1 Å². The number of nitrogen functional groups attached to an aromatic ring is 1. The molecule has 17 heavy (non-hydrogen) atoms. The molecular weight excluding hydrogens is 240 g/mol. The topological polar surface area (TPSA) is 89.3 Å². The minimum absolute atomic E-state index is 0.0378. The van der Waals surface area contributed by atoms with Gasteiger partial charge in [0.2, 0.25) is 5.91 Å². The van der Waals surface area contributed by atoms with Crippen molar-refractivity contribution >= 4 is 28.3 Å². The zero-order chi connectivity index (χ0) is 12.7. The number of anilines is 2. The van der Waals surface area contributed by atoms with Crippen molar-refractivity contribution in [3.63, 3.8) is 0 Å². The Kier molecular flexibility index (Phi) is 5.55. The predicted molar refractivity (Wildman–Crippen MR) is 69.5 cm³/mol. The molecule has 7 heteroatoms. The average molecular weight is 258 g/mol. The third kappa shape index (κ3) is 4.10. The van der Waals surface area contributed by atoms with E-state index in [0.29, 0.717) is 24.5 Å². The Labute approximate surface area is 105 Å². The molecule has 0 aliphatic carbocycles. The highest BCUT2D eigenvalue weighted by Gasteiger charge is 2.11. The van der Waals surface area contributed by atoms with Crippen molar-refractivity contribution in [1.29, 1.82) is 0 Å². The summed E-state index contributed by atoms with van der Waals surface area (Å²) < 4.78 is 9.06. The Morgan fingerprint density at radius 3 is 2.94 bits per heavy atom. The van der Waals surface area contributed by atoms with Gasteiger partial charge in [0.15, 0.2) is 16.6 Å². The molecule has 0 aromatic carbocycles. The summed E-state index contributed by atoms with van der Waals surface area (Å²) in [5.74, 6) is 0.954. The van der Waals surface area contributed by atoms with Gasteiger partial charge in [-0.25, -0.2) is 0 Å². The number of nitrogens with zero attached hydrogens (tertiary/aromatic N) is 1. The van der Waals surface area contributed by atoms with E-state index in [9.17, 15) is 4.79 Å². The summed E-state index contributed by atoms with van der Waals surface area (Å²) >= 11 is 1.23. The third-order valence-corrected chi connectivity index (χ3v) is 2.89. The molecule has 1 aromatic rings. The molecule has 1 heterocycles. The molecule has 0 radical (unpaired) electrons. The van der Waals surface area contributed by atoms with Crippen LogP contribution in [-0.2, 0) is 4.79 Å². The van der Waals surface area contributed by atoms with E-state index in [1.807, 2.05) is 6.92 Å². The molecule has 0 saturated heterocycles. The summed E-state index contributed by atoms with van der Waals surface area (Å²) in [6.07, 6.45) is 1.36. The molecule has 1 rings (SSSR count). The lowest BCUT2D eigenvalue weighted by Gasteiger charge is -2.06. The van der Waals surface area contributed by atoms with Gasteiger partial charge in [-0.05, 0) is 18.0 Å². The molecule has 0 fully saturated rings. The molecule has 1 aromatic heterocycles. The first-order chi connectivity index (χ1) is 8.19. The van der Waals surface area contributed by atoms with Gasteiger partial charge in [0.05, 0.1) is 7.11 Å². The number of amides is 1. The number of carbonyl (C=O) groups is 1. The van der Waals surface area contributed by atoms with Gasteiger partial charge in [0.1, 0.15) is 0 Å². The SMILES string of the molecule is CCCNC(=O)CCNc1snc(N)c1OC. The van der Waals surface area contributed by atoms with Crippen molar-refractivity contribution in [3.05, 3.63) is 0 Å². The summed E-state index contributed by atoms with van der Waals surface area (Å²) in [5.41, 5.74) is 5.60. The molecule has 6 nitrogen and oxygen atoms in total. The monoisotopic (exact) mass is 258 g/mol. The van der Waals surface area contributed by atoms with Crippen LogP contribution in [0.1, 0.15) is 19.8 Å². The Hall–Kier alpha value is -1.50. The van der Waals surface area contributed by atoms with Crippen LogP contribution in [0.4, 0.5) is 10.8 Å². The first kappa shape index (κ1) is 13.6. The van der Waals surface area contributed by atoms with Crippen LogP contribution in [0.3, 0.4) is 0 Å². The van der Waals surface area contributed by atoms with Gasteiger partial charge in [-0.1, -0.05) is 6.92 Å². The molecule has 1 amide bonds. The fraction of sp³-hybridized carbons (Fsp3) is 0.600. The van der Waals surface area contributed by atoms with Gasteiger partial charge in [0.25, 0.3) is 0 Å². The second kappa shape index (κ2) is 6.95. The molecule has 0 saturated carbocycles. The number of carbonyl (C=O) groups excluding carboxylic acids is 1. The van der Waals surface area contributed by atoms with Gasteiger partial charge in [-0.15, -0.1) is 0 Å². The maximum Gasteiger partial charge on any atom is 0.221 e. The first-order valence-electron chi connectivity index (χ1n) is 5.48. The lowest BCUT2D eigenvalue weighted by molar-refractivity contribution is -0.120. The van der Waals surface area contributed by atoms with E-state index in [-0.39, 0.29) is 5.91 Å². The van der Waals surface area contributed by atoms with Crippen molar-refractivity contribution in [1.82, 2.24) is 9.69 Å². The zero-order valence-electron chi connectivity index (χ0n) is 10.1. The summed E-state index contributed by atoms with van der Waals surface area (Å²) in [7, 11) is 1.54. The highest BCUT2D eigenvalue weighted by atomic mass is 32.1. The number of rotatable bonds is 7. The minimum Gasteiger partial charge on any atom is -0.490 e. The average Bonchev–Trinajstić information content (AvgIpc) is 2.67. The molecule has 0 spiro atoms. The number of aromatic nitrogens is 1. The summed E-state index contributed by atoms with van der Waals surface area (Å²) in [6, 6.07) is 0. The fourth-order valence-corrected chi connectivity index (χ4v) is 1.96. The molecule has 0 aliphatic rings. The normalized spacial score (nSPS) is 10.0. The van der Waals surface area contributed by atoms with E-state index in [1.165, 1.54) is 11.5 Å². The van der Waals surface area contributed by atoms with Gasteiger partial charge in [-0.3, -0.25) is 4.79 Å². The van der Waals surface area contributed by atoms with E-state index >= 15 is 0 Å². The summed E-state index contributed by atoms with van der Waals surface area (Å²) in [6.45, 7) is 3.27. The van der Waals surface area contributed by atoms with Crippen molar-refractivity contribution in [2.45, 2.75) is 19.8 Å². The van der Waals surface area contributed by atoms with Crippen molar-refractivity contribution in [3.8, 4) is 5.75 Å². The number of nitrogens with two attached hydrogens (primary N) is 1.